The Morgan fingerprint density at radius 2 is 1.83 bits per heavy atom. The van der Waals surface area contributed by atoms with Crippen LogP contribution < -0.4 is 14.2 Å². The molecule has 0 aromatic heterocycles. The lowest BCUT2D eigenvalue weighted by atomic mass is 10.1. The summed E-state index contributed by atoms with van der Waals surface area (Å²) < 4.78 is 38.1. The van der Waals surface area contributed by atoms with Gasteiger partial charge in [-0.2, -0.15) is 0 Å². The molecule has 2 N–H and O–H groups in total. The second-order valence-corrected chi connectivity index (χ2v) is 7.24. The standard InChI is InChI=1S/C17H19NO5S/c19-14-5-1-3-13(11-14)4-2-8-18-24(20,21)15-6-7-16-17(12-15)23-10-9-22-16/h1,3,5-7,11-12,18-19H,2,4,8-10H2. The normalized spacial score (nSPS) is 13.7. The van der Waals surface area contributed by atoms with Crippen molar-refractivity contribution in [3.05, 3.63) is 48.0 Å². The molecule has 0 unspecified atom stereocenters. The van der Waals surface area contributed by atoms with Crippen molar-refractivity contribution in [1.29, 1.82) is 0 Å². The predicted molar refractivity (Wildman–Crippen MR) is 89.0 cm³/mol. The lowest BCUT2D eigenvalue weighted by Crippen LogP contribution is -2.25. The predicted octanol–water partition coefficient (Wildman–Crippen LogP) is 2.07. The van der Waals surface area contributed by atoms with E-state index in [2.05, 4.69) is 4.72 Å². The van der Waals surface area contributed by atoms with Crippen molar-refractivity contribution in [3.63, 3.8) is 0 Å². The van der Waals surface area contributed by atoms with Gasteiger partial charge in [0.2, 0.25) is 10.0 Å². The van der Waals surface area contributed by atoms with E-state index in [-0.39, 0.29) is 10.6 Å². The SMILES string of the molecule is O=S(=O)(NCCCc1cccc(O)c1)c1ccc2c(c1)OCCO2. The smallest absolute Gasteiger partial charge is 0.240 e. The number of ether oxygens (including phenoxy) is 2. The molecular weight excluding hydrogens is 330 g/mol. The molecule has 3 rings (SSSR count). The molecule has 1 aliphatic heterocycles. The van der Waals surface area contributed by atoms with Crippen molar-refractivity contribution in [2.24, 2.45) is 0 Å². The zero-order valence-electron chi connectivity index (χ0n) is 13.1. The number of nitrogens with one attached hydrogen (secondary N) is 1. The minimum absolute atomic E-state index is 0.157. The first-order chi connectivity index (χ1) is 11.5. The van der Waals surface area contributed by atoms with Crippen molar-refractivity contribution in [2.75, 3.05) is 19.8 Å². The molecular formula is C17H19NO5S. The molecule has 0 fully saturated rings. The van der Waals surface area contributed by atoms with Crippen molar-refractivity contribution in [3.8, 4) is 17.2 Å². The number of hydrogen-bond donors (Lipinski definition) is 2. The highest BCUT2D eigenvalue weighted by Gasteiger charge is 2.18. The maximum absolute atomic E-state index is 12.3. The van der Waals surface area contributed by atoms with E-state index >= 15 is 0 Å². The summed E-state index contributed by atoms with van der Waals surface area (Å²) in [7, 11) is -3.59. The average Bonchev–Trinajstić information content (AvgIpc) is 2.58. The first-order valence-corrected chi connectivity index (χ1v) is 9.20. The van der Waals surface area contributed by atoms with Crippen molar-refractivity contribution >= 4 is 10.0 Å². The van der Waals surface area contributed by atoms with Gasteiger partial charge in [-0.25, -0.2) is 13.1 Å². The second-order valence-electron chi connectivity index (χ2n) is 5.48. The number of sulfonamides is 1. The van der Waals surface area contributed by atoms with Gasteiger partial charge in [0.05, 0.1) is 4.90 Å². The molecule has 2 aromatic carbocycles. The Hall–Kier alpha value is -2.25. The van der Waals surface area contributed by atoms with E-state index in [9.17, 15) is 13.5 Å². The molecule has 0 atom stereocenters. The van der Waals surface area contributed by atoms with Crippen LogP contribution in [-0.2, 0) is 16.4 Å². The fraction of sp³-hybridized carbons (Fsp3) is 0.294. The molecule has 1 aliphatic rings. The number of fused-ring (bicyclic) bond motifs is 1. The van der Waals surface area contributed by atoms with Crippen molar-refractivity contribution in [2.45, 2.75) is 17.7 Å². The molecule has 128 valence electrons. The second kappa shape index (κ2) is 7.11. The highest BCUT2D eigenvalue weighted by Crippen LogP contribution is 2.32. The third kappa shape index (κ3) is 3.98. The molecule has 7 heteroatoms. The van der Waals surface area contributed by atoms with Crippen LogP contribution in [-0.4, -0.2) is 33.3 Å². The Balaban J connectivity index is 1.58. The molecule has 6 nitrogen and oxygen atoms in total. The molecule has 0 amide bonds. The van der Waals surface area contributed by atoms with E-state index < -0.39 is 10.0 Å². The van der Waals surface area contributed by atoms with E-state index in [1.165, 1.54) is 12.1 Å². The van der Waals surface area contributed by atoms with E-state index in [0.29, 0.717) is 44.1 Å². The van der Waals surface area contributed by atoms with Crippen LogP contribution in [0.2, 0.25) is 0 Å². The van der Waals surface area contributed by atoms with Gasteiger partial charge in [-0.05, 0) is 42.7 Å². The van der Waals surface area contributed by atoms with Gasteiger partial charge < -0.3 is 14.6 Å². The Morgan fingerprint density at radius 3 is 2.62 bits per heavy atom. The highest BCUT2D eigenvalue weighted by atomic mass is 32.2. The van der Waals surface area contributed by atoms with Crippen molar-refractivity contribution < 1.29 is 23.0 Å². The average molecular weight is 349 g/mol. The molecule has 2 aromatic rings. The summed E-state index contributed by atoms with van der Waals surface area (Å²) in [4.78, 5) is 0.157. The molecule has 0 spiro atoms. The number of hydrogen-bond acceptors (Lipinski definition) is 5. The number of aromatic hydroxyl groups is 1. The Kier molecular flexibility index (Phi) is 4.92. The summed E-state index contributed by atoms with van der Waals surface area (Å²) in [5.74, 6) is 1.22. The molecule has 24 heavy (non-hydrogen) atoms. The summed E-state index contributed by atoms with van der Waals surface area (Å²) in [5, 5.41) is 9.41. The van der Waals surface area contributed by atoms with Gasteiger partial charge in [-0.1, -0.05) is 12.1 Å². The minimum Gasteiger partial charge on any atom is -0.508 e. The topological polar surface area (TPSA) is 84.9 Å². The first-order valence-electron chi connectivity index (χ1n) is 7.72. The van der Waals surface area contributed by atoms with Crippen LogP contribution in [0.3, 0.4) is 0 Å². The first kappa shape index (κ1) is 16.6. The molecule has 0 bridgehead atoms. The summed E-state index contributed by atoms with van der Waals surface area (Å²) in [5.41, 5.74) is 0.966. The number of rotatable bonds is 6. The summed E-state index contributed by atoms with van der Waals surface area (Å²) in [6, 6.07) is 11.5. The molecule has 0 aliphatic carbocycles. The Bertz CT molecular complexity index is 819. The third-order valence-electron chi connectivity index (χ3n) is 3.67. The summed E-state index contributed by atoms with van der Waals surface area (Å²) in [6.45, 7) is 1.19. The van der Waals surface area contributed by atoms with Crippen LogP contribution in [0.1, 0.15) is 12.0 Å². The Morgan fingerprint density at radius 1 is 1.04 bits per heavy atom. The minimum atomic E-state index is -3.59. The maximum Gasteiger partial charge on any atom is 0.240 e. The number of phenolic OH excluding ortho intramolecular Hbond substituents is 1. The molecule has 0 saturated carbocycles. The van der Waals surface area contributed by atoms with Crippen LogP contribution in [0.25, 0.3) is 0 Å². The zero-order chi connectivity index (χ0) is 17.0. The van der Waals surface area contributed by atoms with Gasteiger partial charge in [-0.3, -0.25) is 0 Å². The monoisotopic (exact) mass is 349 g/mol. The van der Waals surface area contributed by atoms with Gasteiger partial charge >= 0.3 is 0 Å². The number of aryl methyl sites for hydroxylation is 1. The van der Waals surface area contributed by atoms with Gasteiger partial charge in [-0.15, -0.1) is 0 Å². The largest absolute Gasteiger partial charge is 0.508 e. The van der Waals surface area contributed by atoms with Crippen molar-refractivity contribution in [1.82, 2.24) is 4.72 Å². The van der Waals surface area contributed by atoms with Gasteiger partial charge in [0.15, 0.2) is 11.5 Å². The lowest BCUT2D eigenvalue weighted by Gasteiger charge is -2.18. The molecule has 0 radical (unpaired) electrons. The van der Waals surface area contributed by atoms with E-state index in [1.54, 1.807) is 24.3 Å². The summed E-state index contributed by atoms with van der Waals surface area (Å²) in [6.07, 6.45) is 1.31. The number of phenols is 1. The fourth-order valence-electron chi connectivity index (χ4n) is 2.49. The zero-order valence-corrected chi connectivity index (χ0v) is 13.9. The third-order valence-corrected chi connectivity index (χ3v) is 5.13. The number of benzene rings is 2. The Labute approximate surface area is 141 Å². The summed E-state index contributed by atoms with van der Waals surface area (Å²) >= 11 is 0. The van der Waals surface area contributed by atoms with Crippen LogP contribution in [0.15, 0.2) is 47.4 Å². The van der Waals surface area contributed by atoms with Gasteiger partial charge in [0, 0.05) is 12.6 Å². The lowest BCUT2D eigenvalue weighted by molar-refractivity contribution is 0.171. The maximum atomic E-state index is 12.3. The van der Waals surface area contributed by atoms with Gasteiger partial charge in [0.1, 0.15) is 19.0 Å². The van der Waals surface area contributed by atoms with Crippen LogP contribution in [0, 0.1) is 0 Å². The van der Waals surface area contributed by atoms with E-state index in [1.807, 2.05) is 6.07 Å². The molecule has 1 heterocycles. The van der Waals surface area contributed by atoms with E-state index in [0.717, 1.165) is 5.56 Å². The quantitative estimate of drug-likeness (QED) is 0.780. The van der Waals surface area contributed by atoms with Gasteiger partial charge in [0.25, 0.3) is 0 Å². The highest BCUT2D eigenvalue weighted by molar-refractivity contribution is 7.89. The van der Waals surface area contributed by atoms with Crippen LogP contribution in [0.5, 0.6) is 17.2 Å². The van der Waals surface area contributed by atoms with Crippen LogP contribution in [0.4, 0.5) is 0 Å². The molecule has 0 saturated heterocycles. The van der Waals surface area contributed by atoms with Crippen LogP contribution >= 0.6 is 0 Å². The fourth-order valence-corrected chi connectivity index (χ4v) is 3.57. The van der Waals surface area contributed by atoms with E-state index in [4.69, 9.17) is 9.47 Å².